The standard InChI is InChI=1S/C23H31N3O3S/c1-23(2,3)18-8-10-19(11-9-18)28-13-6-14-29-20-12-7-17(15-21(20)27-5)16-25-26-22(30)24-4/h7-12,15-16H,6,13-14H2,1-5H3,(H2,24,26,30). The predicted molar refractivity (Wildman–Crippen MR) is 126 cm³/mol. The van der Waals surface area contributed by atoms with Crippen molar-refractivity contribution < 1.29 is 14.2 Å². The lowest BCUT2D eigenvalue weighted by Gasteiger charge is -2.19. The van der Waals surface area contributed by atoms with Crippen LogP contribution in [0.4, 0.5) is 0 Å². The van der Waals surface area contributed by atoms with Crippen molar-refractivity contribution >= 4 is 23.5 Å². The largest absolute Gasteiger partial charge is 0.493 e. The Morgan fingerprint density at radius 1 is 1.03 bits per heavy atom. The van der Waals surface area contributed by atoms with Gasteiger partial charge in [-0.1, -0.05) is 32.9 Å². The fourth-order valence-electron chi connectivity index (χ4n) is 2.59. The molecule has 0 radical (unpaired) electrons. The summed E-state index contributed by atoms with van der Waals surface area (Å²) in [5, 5.41) is 7.30. The molecule has 2 N–H and O–H groups in total. The Hall–Kier alpha value is -2.80. The molecule has 0 aliphatic carbocycles. The average Bonchev–Trinajstić information content (AvgIpc) is 2.73. The summed E-state index contributed by atoms with van der Waals surface area (Å²) in [5.74, 6) is 2.20. The molecule has 2 aromatic rings. The van der Waals surface area contributed by atoms with Gasteiger partial charge in [0.15, 0.2) is 16.6 Å². The molecule has 0 saturated heterocycles. The molecule has 0 aromatic heterocycles. The number of nitrogens with one attached hydrogen (secondary N) is 2. The highest BCUT2D eigenvalue weighted by atomic mass is 32.1. The topological polar surface area (TPSA) is 64.1 Å². The number of thiocarbonyl (C=S) groups is 1. The number of methoxy groups -OCH3 is 1. The van der Waals surface area contributed by atoms with E-state index < -0.39 is 0 Å². The van der Waals surface area contributed by atoms with E-state index >= 15 is 0 Å². The normalized spacial score (nSPS) is 11.2. The van der Waals surface area contributed by atoms with Gasteiger partial charge in [0.05, 0.1) is 26.5 Å². The van der Waals surface area contributed by atoms with Crippen LogP contribution in [0, 0.1) is 0 Å². The van der Waals surface area contributed by atoms with E-state index in [2.05, 4.69) is 48.7 Å². The van der Waals surface area contributed by atoms with Crippen LogP contribution in [0.25, 0.3) is 0 Å². The molecule has 0 aliphatic heterocycles. The first-order valence-electron chi connectivity index (χ1n) is 9.88. The average molecular weight is 430 g/mol. The van der Waals surface area contributed by atoms with E-state index in [4.69, 9.17) is 26.4 Å². The molecule has 6 nitrogen and oxygen atoms in total. The summed E-state index contributed by atoms with van der Waals surface area (Å²) in [4.78, 5) is 0. The number of ether oxygens (including phenoxy) is 3. The number of benzene rings is 2. The smallest absolute Gasteiger partial charge is 0.186 e. The van der Waals surface area contributed by atoms with Crippen LogP contribution >= 0.6 is 12.2 Å². The molecule has 0 heterocycles. The summed E-state index contributed by atoms with van der Waals surface area (Å²) in [5.41, 5.74) is 5.01. The lowest BCUT2D eigenvalue weighted by molar-refractivity contribution is 0.240. The van der Waals surface area contributed by atoms with Crippen molar-refractivity contribution in [3.8, 4) is 17.2 Å². The zero-order valence-electron chi connectivity index (χ0n) is 18.3. The number of hydrogen-bond acceptors (Lipinski definition) is 5. The first-order valence-corrected chi connectivity index (χ1v) is 10.3. The minimum absolute atomic E-state index is 0.142. The number of hydrogen-bond donors (Lipinski definition) is 2. The quantitative estimate of drug-likeness (QED) is 0.269. The Morgan fingerprint density at radius 2 is 1.73 bits per heavy atom. The minimum atomic E-state index is 0.142. The van der Waals surface area contributed by atoms with Gasteiger partial charge in [0, 0.05) is 13.5 Å². The van der Waals surface area contributed by atoms with E-state index in [0.717, 1.165) is 17.7 Å². The molecule has 162 valence electrons. The monoisotopic (exact) mass is 429 g/mol. The van der Waals surface area contributed by atoms with Crippen molar-refractivity contribution in [3.63, 3.8) is 0 Å². The third-order valence-electron chi connectivity index (χ3n) is 4.33. The van der Waals surface area contributed by atoms with Crippen LogP contribution in [-0.4, -0.2) is 38.7 Å². The molecule has 0 amide bonds. The van der Waals surface area contributed by atoms with Gasteiger partial charge < -0.3 is 19.5 Å². The van der Waals surface area contributed by atoms with E-state index in [0.29, 0.717) is 29.8 Å². The molecule has 0 aliphatic rings. The van der Waals surface area contributed by atoms with Crippen LogP contribution < -0.4 is 25.0 Å². The number of hydrazone groups is 1. The molecule has 0 spiro atoms. The fraction of sp³-hybridized carbons (Fsp3) is 0.391. The molecule has 0 bridgehead atoms. The Balaban J connectivity index is 1.79. The lowest BCUT2D eigenvalue weighted by Crippen LogP contribution is -2.28. The van der Waals surface area contributed by atoms with Crippen LogP contribution in [0.2, 0.25) is 0 Å². The minimum Gasteiger partial charge on any atom is -0.493 e. The fourth-order valence-corrected chi connectivity index (χ4v) is 2.64. The number of nitrogens with zero attached hydrogens (tertiary/aromatic N) is 1. The summed E-state index contributed by atoms with van der Waals surface area (Å²) in [6.45, 7) is 7.71. The molecule has 0 unspecified atom stereocenters. The van der Waals surface area contributed by atoms with Gasteiger partial charge in [0.2, 0.25) is 0 Å². The van der Waals surface area contributed by atoms with Crippen molar-refractivity contribution in [1.29, 1.82) is 0 Å². The maximum atomic E-state index is 5.85. The zero-order chi connectivity index (χ0) is 22.0. The van der Waals surface area contributed by atoms with Gasteiger partial charge in [-0.05, 0) is 59.1 Å². The summed E-state index contributed by atoms with van der Waals surface area (Å²) in [7, 11) is 3.34. The number of rotatable bonds is 9. The maximum absolute atomic E-state index is 5.85. The van der Waals surface area contributed by atoms with E-state index in [1.165, 1.54) is 5.56 Å². The second-order valence-electron chi connectivity index (χ2n) is 7.68. The van der Waals surface area contributed by atoms with E-state index in [9.17, 15) is 0 Å². The molecule has 2 rings (SSSR count). The highest BCUT2D eigenvalue weighted by molar-refractivity contribution is 7.80. The third-order valence-corrected chi connectivity index (χ3v) is 4.63. The van der Waals surface area contributed by atoms with Gasteiger partial charge in [0.1, 0.15) is 5.75 Å². The second-order valence-corrected chi connectivity index (χ2v) is 8.09. The Bertz CT molecular complexity index is 846. The molecule has 0 fully saturated rings. The SMILES string of the molecule is CNC(=S)NN=Cc1ccc(OCCCOc2ccc(C(C)(C)C)cc2)c(OC)c1. The molecular formula is C23H31N3O3S. The van der Waals surface area contributed by atoms with E-state index in [1.807, 2.05) is 30.3 Å². The van der Waals surface area contributed by atoms with Gasteiger partial charge in [0.25, 0.3) is 0 Å². The second kappa shape index (κ2) is 11.4. The van der Waals surface area contributed by atoms with Gasteiger partial charge in [-0.2, -0.15) is 5.10 Å². The van der Waals surface area contributed by atoms with Crippen LogP contribution in [0.15, 0.2) is 47.6 Å². The summed E-state index contributed by atoms with van der Waals surface area (Å²) >= 11 is 4.97. The van der Waals surface area contributed by atoms with Gasteiger partial charge in [-0.3, -0.25) is 5.43 Å². The first kappa shape index (κ1) is 23.5. The highest BCUT2D eigenvalue weighted by Crippen LogP contribution is 2.28. The third kappa shape index (κ3) is 7.55. The molecular weight excluding hydrogens is 398 g/mol. The zero-order valence-corrected chi connectivity index (χ0v) is 19.1. The molecule has 2 aromatic carbocycles. The molecule has 7 heteroatoms. The van der Waals surface area contributed by atoms with Crippen LogP contribution in [0.5, 0.6) is 17.2 Å². The Kier molecular flexibility index (Phi) is 8.92. The van der Waals surface area contributed by atoms with Crippen LogP contribution in [-0.2, 0) is 5.41 Å². The summed E-state index contributed by atoms with van der Waals surface area (Å²) in [6, 6.07) is 13.9. The van der Waals surface area contributed by atoms with E-state index in [-0.39, 0.29) is 5.41 Å². The molecule has 30 heavy (non-hydrogen) atoms. The summed E-state index contributed by atoms with van der Waals surface area (Å²) in [6.07, 6.45) is 2.42. The predicted octanol–water partition coefficient (Wildman–Crippen LogP) is 4.27. The van der Waals surface area contributed by atoms with Crippen molar-refractivity contribution in [3.05, 3.63) is 53.6 Å². The lowest BCUT2D eigenvalue weighted by atomic mass is 9.87. The highest BCUT2D eigenvalue weighted by Gasteiger charge is 2.13. The Morgan fingerprint density at radius 3 is 2.37 bits per heavy atom. The van der Waals surface area contributed by atoms with Crippen LogP contribution in [0.1, 0.15) is 38.3 Å². The summed E-state index contributed by atoms with van der Waals surface area (Å²) < 4.78 is 17.1. The van der Waals surface area contributed by atoms with Gasteiger partial charge >= 0.3 is 0 Å². The van der Waals surface area contributed by atoms with Crippen LogP contribution in [0.3, 0.4) is 0 Å². The van der Waals surface area contributed by atoms with Gasteiger partial charge in [-0.15, -0.1) is 0 Å². The van der Waals surface area contributed by atoms with E-state index in [1.54, 1.807) is 20.4 Å². The maximum Gasteiger partial charge on any atom is 0.186 e. The first-order chi connectivity index (χ1) is 14.3. The molecule has 0 saturated carbocycles. The van der Waals surface area contributed by atoms with Crippen molar-refractivity contribution in [2.24, 2.45) is 5.10 Å². The van der Waals surface area contributed by atoms with Gasteiger partial charge in [-0.25, -0.2) is 0 Å². The Labute approximate surface area is 184 Å². The van der Waals surface area contributed by atoms with Crippen molar-refractivity contribution in [2.45, 2.75) is 32.6 Å². The van der Waals surface area contributed by atoms with Crippen molar-refractivity contribution in [2.75, 3.05) is 27.4 Å². The van der Waals surface area contributed by atoms with Crippen molar-refractivity contribution in [1.82, 2.24) is 10.7 Å². The molecule has 0 atom stereocenters.